The third-order valence-corrected chi connectivity index (χ3v) is 3.41. The third-order valence-electron chi connectivity index (χ3n) is 3.41. The van der Waals surface area contributed by atoms with Crippen LogP contribution in [-0.2, 0) is 9.59 Å². The molecule has 1 aromatic carbocycles. The first-order valence-corrected chi connectivity index (χ1v) is 6.61. The van der Waals surface area contributed by atoms with Crippen LogP contribution in [0, 0.1) is 6.92 Å². The largest absolute Gasteiger partial charge is 0.480 e. The molecule has 1 aliphatic heterocycles. The molecule has 0 saturated carbocycles. The van der Waals surface area contributed by atoms with Crippen LogP contribution in [0.4, 0.5) is 5.69 Å². The van der Waals surface area contributed by atoms with Crippen LogP contribution in [0.3, 0.4) is 0 Å². The predicted octanol–water partition coefficient (Wildman–Crippen LogP) is 0.292. The van der Waals surface area contributed by atoms with Crippen LogP contribution < -0.4 is 10.6 Å². The molecule has 1 atom stereocenters. The second-order valence-electron chi connectivity index (χ2n) is 4.89. The molecule has 20 heavy (non-hydrogen) atoms. The fourth-order valence-electron chi connectivity index (χ4n) is 2.27. The zero-order valence-electron chi connectivity index (χ0n) is 11.4. The van der Waals surface area contributed by atoms with Crippen LogP contribution in [0.25, 0.3) is 0 Å². The summed E-state index contributed by atoms with van der Waals surface area (Å²) in [4.78, 5) is 24.9. The van der Waals surface area contributed by atoms with Gasteiger partial charge in [-0.2, -0.15) is 0 Å². The number of anilines is 1. The van der Waals surface area contributed by atoms with Crippen LogP contribution >= 0.6 is 0 Å². The lowest BCUT2D eigenvalue weighted by molar-refractivity contribution is -0.144. The van der Waals surface area contributed by atoms with Gasteiger partial charge in [0.2, 0.25) is 5.91 Å². The second kappa shape index (κ2) is 6.49. The number of carboxylic acid groups (broad SMARTS) is 1. The van der Waals surface area contributed by atoms with E-state index in [-0.39, 0.29) is 12.5 Å². The summed E-state index contributed by atoms with van der Waals surface area (Å²) >= 11 is 0. The number of rotatable bonds is 4. The Hall–Kier alpha value is -1.92. The first-order chi connectivity index (χ1) is 9.58. The Morgan fingerprint density at radius 3 is 2.90 bits per heavy atom. The number of carbonyl (C=O) groups is 2. The fraction of sp³-hybridized carbons (Fsp3) is 0.429. The number of para-hydroxylation sites is 1. The Kier molecular flexibility index (Phi) is 4.70. The number of carbonyl (C=O) groups excluding carboxylic acids is 1. The van der Waals surface area contributed by atoms with Gasteiger partial charge in [-0.1, -0.05) is 18.2 Å². The summed E-state index contributed by atoms with van der Waals surface area (Å²) in [6, 6.07) is 6.86. The van der Waals surface area contributed by atoms with E-state index in [1.54, 1.807) is 4.90 Å². The highest BCUT2D eigenvalue weighted by molar-refractivity contribution is 5.93. The predicted molar refractivity (Wildman–Crippen MR) is 75.7 cm³/mol. The SMILES string of the molecule is Cc1ccccc1NC(=O)CN1CCNCC1C(=O)O. The molecule has 0 aromatic heterocycles. The maximum absolute atomic E-state index is 12.0. The zero-order chi connectivity index (χ0) is 14.5. The number of hydrogen-bond donors (Lipinski definition) is 3. The van der Waals surface area contributed by atoms with Gasteiger partial charge in [0, 0.05) is 25.3 Å². The van der Waals surface area contributed by atoms with E-state index in [0.29, 0.717) is 19.6 Å². The van der Waals surface area contributed by atoms with Crippen LogP contribution in [0.1, 0.15) is 5.56 Å². The zero-order valence-corrected chi connectivity index (χ0v) is 11.4. The minimum Gasteiger partial charge on any atom is -0.480 e. The number of hydrogen-bond acceptors (Lipinski definition) is 4. The number of aryl methyl sites for hydroxylation is 1. The van der Waals surface area contributed by atoms with Gasteiger partial charge in [0.1, 0.15) is 6.04 Å². The van der Waals surface area contributed by atoms with Crippen molar-refractivity contribution in [3.63, 3.8) is 0 Å². The molecule has 0 radical (unpaired) electrons. The van der Waals surface area contributed by atoms with Crippen molar-refractivity contribution in [3.05, 3.63) is 29.8 Å². The number of piperazine rings is 1. The van der Waals surface area contributed by atoms with Gasteiger partial charge in [0.05, 0.1) is 6.54 Å². The normalized spacial score (nSPS) is 19.6. The number of aliphatic carboxylic acids is 1. The van der Waals surface area contributed by atoms with E-state index >= 15 is 0 Å². The minimum atomic E-state index is -0.902. The van der Waals surface area contributed by atoms with E-state index in [4.69, 9.17) is 5.11 Å². The Balaban J connectivity index is 1.96. The van der Waals surface area contributed by atoms with Gasteiger partial charge in [0.25, 0.3) is 0 Å². The first-order valence-electron chi connectivity index (χ1n) is 6.61. The number of carboxylic acids is 1. The van der Waals surface area contributed by atoms with E-state index in [9.17, 15) is 9.59 Å². The quantitative estimate of drug-likeness (QED) is 0.737. The molecule has 0 aliphatic carbocycles. The van der Waals surface area contributed by atoms with Gasteiger partial charge in [-0.15, -0.1) is 0 Å². The van der Waals surface area contributed by atoms with Crippen molar-refractivity contribution in [2.24, 2.45) is 0 Å². The molecule has 6 heteroatoms. The number of amides is 1. The summed E-state index contributed by atoms with van der Waals surface area (Å²) in [6.07, 6.45) is 0. The summed E-state index contributed by atoms with van der Waals surface area (Å²) in [5.74, 6) is -1.09. The third kappa shape index (κ3) is 3.55. The van der Waals surface area contributed by atoms with Gasteiger partial charge in [0.15, 0.2) is 0 Å². The van der Waals surface area contributed by atoms with Crippen molar-refractivity contribution >= 4 is 17.6 Å². The standard InChI is InChI=1S/C14H19N3O3/c1-10-4-2-3-5-11(10)16-13(18)9-17-7-6-15-8-12(17)14(19)20/h2-5,12,15H,6-9H2,1H3,(H,16,18)(H,19,20). The molecule has 6 nitrogen and oxygen atoms in total. The van der Waals surface area contributed by atoms with Gasteiger partial charge in [-0.3, -0.25) is 14.5 Å². The number of nitrogens with one attached hydrogen (secondary N) is 2. The molecule has 1 unspecified atom stereocenters. The number of benzene rings is 1. The molecule has 1 aliphatic rings. The van der Waals surface area contributed by atoms with Crippen molar-refractivity contribution in [2.45, 2.75) is 13.0 Å². The molecule has 1 aromatic rings. The lowest BCUT2D eigenvalue weighted by Crippen LogP contribution is -2.56. The molecule has 3 N–H and O–H groups in total. The van der Waals surface area contributed by atoms with E-state index in [0.717, 1.165) is 11.3 Å². The molecular formula is C14H19N3O3. The smallest absolute Gasteiger partial charge is 0.322 e. The van der Waals surface area contributed by atoms with Gasteiger partial charge in [-0.05, 0) is 18.6 Å². The highest BCUT2D eigenvalue weighted by atomic mass is 16.4. The lowest BCUT2D eigenvalue weighted by atomic mass is 10.2. The van der Waals surface area contributed by atoms with Crippen molar-refractivity contribution in [1.29, 1.82) is 0 Å². The maximum Gasteiger partial charge on any atom is 0.322 e. The molecule has 1 amide bonds. The van der Waals surface area contributed by atoms with Crippen molar-refractivity contribution in [1.82, 2.24) is 10.2 Å². The average molecular weight is 277 g/mol. The molecule has 2 rings (SSSR count). The second-order valence-corrected chi connectivity index (χ2v) is 4.89. The monoisotopic (exact) mass is 277 g/mol. The highest BCUT2D eigenvalue weighted by Crippen LogP contribution is 2.13. The summed E-state index contributed by atoms with van der Waals surface area (Å²) in [5, 5.41) is 15.0. The average Bonchev–Trinajstić information content (AvgIpc) is 2.41. The van der Waals surface area contributed by atoms with Crippen LogP contribution in [-0.4, -0.2) is 54.1 Å². The van der Waals surface area contributed by atoms with Gasteiger partial charge < -0.3 is 15.7 Å². The Bertz CT molecular complexity index is 504. The van der Waals surface area contributed by atoms with E-state index in [2.05, 4.69) is 10.6 Å². The van der Waals surface area contributed by atoms with Gasteiger partial charge >= 0.3 is 5.97 Å². The van der Waals surface area contributed by atoms with Crippen molar-refractivity contribution in [3.8, 4) is 0 Å². The summed E-state index contributed by atoms with van der Waals surface area (Å²) < 4.78 is 0. The van der Waals surface area contributed by atoms with E-state index < -0.39 is 12.0 Å². The van der Waals surface area contributed by atoms with E-state index in [1.807, 2.05) is 31.2 Å². The Labute approximate surface area is 117 Å². The molecular weight excluding hydrogens is 258 g/mol. The van der Waals surface area contributed by atoms with Gasteiger partial charge in [-0.25, -0.2) is 0 Å². The van der Waals surface area contributed by atoms with Crippen molar-refractivity contribution in [2.75, 3.05) is 31.5 Å². The summed E-state index contributed by atoms with van der Waals surface area (Å²) in [6.45, 7) is 3.63. The van der Waals surface area contributed by atoms with Crippen LogP contribution in [0.2, 0.25) is 0 Å². The van der Waals surface area contributed by atoms with E-state index in [1.165, 1.54) is 0 Å². The Morgan fingerprint density at radius 1 is 1.45 bits per heavy atom. The summed E-state index contributed by atoms with van der Waals surface area (Å²) in [7, 11) is 0. The molecule has 108 valence electrons. The molecule has 1 saturated heterocycles. The van der Waals surface area contributed by atoms with Crippen molar-refractivity contribution < 1.29 is 14.7 Å². The molecule has 0 bridgehead atoms. The minimum absolute atomic E-state index is 0.0903. The molecule has 0 spiro atoms. The summed E-state index contributed by atoms with van der Waals surface area (Å²) in [5.41, 5.74) is 1.75. The lowest BCUT2D eigenvalue weighted by Gasteiger charge is -2.32. The maximum atomic E-state index is 12.0. The molecule has 1 fully saturated rings. The molecule has 1 heterocycles. The Morgan fingerprint density at radius 2 is 2.20 bits per heavy atom. The highest BCUT2D eigenvalue weighted by Gasteiger charge is 2.29. The van der Waals surface area contributed by atoms with Crippen LogP contribution in [0.15, 0.2) is 24.3 Å². The topological polar surface area (TPSA) is 81.7 Å². The first kappa shape index (κ1) is 14.5. The van der Waals surface area contributed by atoms with Crippen LogP contribution in [0.5, 0.6) is 0 Å². The fourth-order valence-corrected chi connectivity index (χ4v) is 2.27. The number of nitrogens with zero attached hydrogens (tertiary/aromatic N) is 1.